The van der Waals surface area contributed by atoms with E-state index in [1.807, 2.05) is 0 Å². The van der Waals surface area contributed by atoms with Gasteiger partial charge in [0.15, 0.2) is 0 Å². The molecule has 3 N–H and O–H groups in total. The Balaban J connectivity index is 1.98. The number of nitrogens with one attached hydrogen (secondary N) is 1. The number of hydrogen-bond acceptors (Lipinski definition) is 5. The first kappa shape index (κ1) is 18.4. The number of nitro groups is 1. The van der Waals surface area contributed by atoms with Gasteiger partial charge in [-0.05, 0) is 18.2 Å². The molecule has 9 heteroatoms. The number of nitrogens with zero attached hydrogens (tertiary/aromatic N) is 1. The molecule has 7 nitrogen and oxygen atoms in total. The summed E-state index contributed by atoms with van der Waals surface area (Å²) >= 11 is 0.944. The molecule has 0 heterocycles. The smallest absolute Gasteiger partial charge is 0.283 e. The highest BCUT2D eigenvalue weighted by Gasteiger charge is 2.18. The van der Waals surface area contributed by atoms with E-state index in [1.54, 1.807) is 18.2 Å². The molecule has 0 atom stereocenters. The van der Waals surface area contributed by atoms with Crippen molar-refractivity contribution in [1.82, 2.24) is 5.32 Å². The Morgan fingerprint density at radius 2 is 1.96 bits per heavy atom. The quantitative estimate of drug-likeness (QED) is 0.445. The van der Waals surface area contributed by atoms with Crippen molar-refractivity contribution in [3.05, 3.63) is 69.5 Å². The highest BCUT2D eigenvalue weighted by atomic mass is 32.2. The molecular weight excluding hydrogens is 349 g/mol. The molecule has 0 saturated heterocycles. The summed E-state index contributed by atoms with van der Waals surface area (Å²) in [6.45, 7) is 0.0226. The predicted octanol–water partition coefficient (Wildman–Crippen LogP) is 2.24. The van der Waals surface area contributed by atoms with E-state index in [0.717, 1.165) is 17.8 Å². The Morgan fingerprint density at radius 1 is 1.24 bits per heavy atom. The standard InChI is InChI=1S/C16H14FN3O4S/c17-12-4-2-1-3-11(12)8-19-15(21)9-25-14-6-5-10(16(18)22)7-13(14)20(23)24/h1-7H,8-9H2,(H2,18,22)(H,19,21). The highest BCUT2D eigenvalue weighted by molar-refractivity contribution is 8.00. The highest BCUT2D eigenvalue weighted by Crippen LogP contribution is 2.29. The van der Waals surface area contributed by atoms with E-state index in [2.05, 4.69) is 5.32 Å². The Bertz CT molecular complexity index is 829. The number of amides is 2. The molecule has 2 amide bonds. The first-order valence-electron chi connectivity index (χ1n) is 7.09. The van der Waals surface area contributed by atoms with Gasteiger partial charge in [-0.2, -0.15) is 0 Å². The summed E-state index contributed by atoms with van der Waals surface area (Å²) < 4.78 is 13.5. The third-order valence-corrected chi connectivity index (χ3v) is 4.30. The predicted molar refractivity (Wildman–Crippen MR) is 90.6 cm³/mol. The molecule has 2 rings (SSSR count). The maximum absolute atomic E-state index is 13.5. The third-order valence-electron chi connectivity index (χ3n) is 3.23. The van der Waals surface area contributed by atoms with Gasteiger partial charge >= 0.3 is 0 Å². The van der Waals surface area contributed by atoms with Crippen LogP contribution in [-0.2, 0) is 11.3 Å². The van der Waals surface area contributed by atoms with Crippen molar-refractivity contribution in [3.63, 3.8) is 0 Å². The van der Waals surface area contributed by atoms with Gasteiger partial charge in [0, 0.05) is 23.7 Å². The summed E-state index contributed by atoms with van der Waals surface area (Å²) in [6.07, 6.45) is 0. The van der Waals surface area contributed by atoms with E-state index in [-0.39, 0.29) is 28.4 Å². The van der Waals surface area contributed by atoms with Crippen LogP contribution in [0.15, 0.2) is 47.4 Å². The average molecular weight is 363 g/mol. The minimum Gasteiger partial charge on any atom is -0.366 e. The molecule has 2 aromatic carbocycles. The minimum atomic E-state index is -0.776. The molecule has 0 spiro atoms. The maximum Gasteiger partial charge on any atom is 0.283 e. The molecule has 2 aromatic rings. The first-order chi connectivity index (χ1) is 11.9. The van der Waals surface area contributed by atoms with E-state index >= 15 is 0 Å². The first-order valence-corrected chi connectivity index (χ1v) is 8.08. The number of thioether (sulfide) groups is 1. The van der Waals surface area contributed by atoms with Gasteiger partial charge in [0.1, 0.15) is 5.82 Å². The number of halogens is 1. The summed E-state index contributed by atoms with van der Waals surface area (Å²) in [5, 5.41) is 13.6. The molecule has 0 aromatic heterocycles. The Hall–Kier alpha value is -2.94. The van der Waals surface area contributed by atoms with Crippen molar-refractivity contribution in [2.24, 2.45) is 5.73 Å². The van der Waals surface area contributed by atoms with Crippen molar-refractivity contribution >= 4 is 29.3 Å². The van der Waals surface area contributed by atoms with Gasteiger partial charge in [0.05, 0.1) is 15.6 Å². The van der Waals surface area contributed by atoms with E-state index in [1.165, 1.54) is 18.2 Å². The maximum atomic E-state index is 13.5. The number of benzene rings is 2. The Morgan fingerprint density at radius 3 is 2.60 bits per heavy atom. The van der Waals surface area contributed by atoms with Gasteiger partial charge in [-0.15, -0.1) is 11.8 Å². The zero-order valence-corrected chi connectivity index (χ0v) is 13.7. The molecular formula is C16H14FN3O4S. The Kier molecular flexibility index (Phi) is 6.07. The lowest BCUT2D eigenvalue weighted by atomic mass is 10.2. The summed E-state index contributed by atoms with van der Waals surface area (Å²) in [5.74, 6) is -1.69. The zero-order chi connectivity index (χ0) is 18.4. The van der Waals surface area contributed by atoms with E-state index in [9.17, 15) is 24.1 Å². The second-order valence-corrected chi connectivity index (χ2v) is 5.98. The summed E-state index contributed by atoms with van der Waals surface area (Å²) in [6, 6.07) is 9.84. The van der Waals surface area contributed by atoms with Crippen LogP contribution in [0.4, 0.5) is 10.1 Å². The van der Waals surface area contributed by atoms with Gasteiger partial charge in [0.2, 0.25) is 11.8 Å². The second kappa shape index (κ2) is 8.25. The number of nitrogens with two attached hydrogens (primary N) is 1. The van der Waals surface area contributed by atoms with Crippen LogP contribution < -0.4 is 11.1 Å². The van der Waals surface area contributed by atoms with Crippen LogP contribution in [0.25, 0.3) is 0 Å². The largest absolute Gasteiger partial charge is 0.366 e. The number of nitro benzene ring substituents is 1. The summed E-state index contributed by atoms with van der Waals surface area (Å²) in [5.41, 5.74) is 5.16. The average Bonchev–Trinajstić information content (AvgIpc) is 2.58. The molecule has 0 bridgehead atoms. The van der Waals surface area contributed by atoms with Gasteiger partial charge < -0.3 is 11.1 Å². The minimum absolute atomic E-state index is 0.0139. The van der Waals surface area contributed by atoms with Crippen LogP contribution in [0.5, 0.6) is 0 Å². The second-order valence-electron chi connectivity index (χ2n) is 4.96. The van der Waals surface area contributed by atoms with Crippen molar-refractivity contribution in [2.45, 2.75) is 11.4 Å². The lowest BCUT2D eigenvalue weighted by Crippen LogP contribution is -2.25. The number of carbonyl (C=O) groups is 2. The SMILES string of the molecule is NC(=O)c1ccc(SCC(=O)NCc2ccccc2F)c([N+](=O)[O-])c1. The van der Waals surface area contributed by atoms with Gasteiger partial charge in [0.25, 0.3) is 5.69 Å². The van der Waals surface area contributed by atoms with Crippen LogP contribution in [-0.4, -0.2) is 22.5 Å². The third kappa shape index (κ3) is 5.01. The summed E-state index contributed by atoms with van der Waals surface area (Å²) in [4.78, 5) is 33.6. The monoisotopic (exact) mass is 363 g/mol. The van der Waals surface area contributed by atoms with Crippen molar-refractivity contribution < 1.29 is 18.9 Å². The lowest BCUT2D eigenvalue weighted by molar-refractivity contribution is -0.387. The fourth-order valence-corrected chi connectivity index (χ4v) is 2.80. The van der Waals surface area contributed by atoms with Crippen LogP contribution in [0.2, 0.25) is 0 Å². The van der Waals surface area contributed by atoms with Crippen LogP contribution in [0.1, 0.15) is 15.9 Å². The lowest BCUT2D eigenvalue weighted by Gasteiger charge is -2.07. The molecule has 0 saturated carbocycles. The van der Waals surface area contributed by atoms with Crippen LogP contribution in [0.3, 0.4) is 0 Å². The number of carbonyl (C=O) groups excluding carboxylic acids is 2. The van der Waals surface area contributed by atoms with Gasteiger partial charge in [-0.25, -0.2) is 4.39 Å². The molecule has 25 heavy (non-hydrogen) atoms. The van der Waals surface area contributed by atoms with E-state index in [0.29, 0.717) is 5.56 Å². The molecule has 0 unspecified atom stereocenters. The number of primary amides is 1. The number of rotatable bonds is 7. The zero-order valence-electron chi connectivity index (χ0n) is 12.9. The fraction of sp³-hybridized carbons (Fsp3) is 0.125. The van der Waals surface area contributed by atoms with E-state index in [4.69, 9.17) is 5.73 Å². The van der Waals surface area contributed by atoms with Gasteiger partial charge in [-0.3, -0.25) is 19.7 Å². The van der Waals surface area contributed by atoms with Gasteiger partial charge in [-0.1, -0.05) is 18.2 Å². The Labute approximate surface area is 146 Å². The molecule has 0 aliphatic heterocycles. The normalized spacial score (nSPS) is 10.3. The van der Waals surface area contributed by atoms with Crippen molar-refractivity contribution in [3.8, 4) is 0 Å². The molecule has 0 fully saturated rings. The van der Waals surface area contributed by atoms with Crippen LogP contribution in [0, 0.1) is 15.9 Å². The molecule has 0 aliphatic carbocycles. The molecule has 0 aliphatic rings. The van der Waals surface area contributed by atoms with Crippen LogP contribution >= 0.6 is 11.8 Å². The fourth-order valence-electron chi connectivity index (χ4n) is 1.97. The van der Waals surface area contributed by atoms with Crippen molar-refractivity contribution in [1.29, 1.82) is 0 Å². The summed E-state index contributed by atoms with van der Waals surface area (Å²) in [7, 11) is 0. The topological polar surface area (TPSA) is 115 Å². The number of hydrogen-bond donors (Lipinski definition) is 2. The van der Waals surface area contributed by atoms with E-state index < -0.39 is 22.6 Å². The molecule has 0 radical (unpaired) electrons. The molecule has 130 valence electrons. The van der Waals surface area contributed by atoms with Crippen molar-refractivity contribution in [2.75, 3.05) is 5.75 Å².